The Morgan fingerprint density at radius 1 is 0.929 bits per heavy atom. The molecule has 3 nitrogen and oxygen atoms in total. The van der Waals surface area contributed by atoms with Gasteiger partial charge in [-0.05, 0) is 36.4 Å². The first-order chi connectivity index (χ1) is 12.8. The highest BCUT2D eigenvalue weighted by molar-refractivity contribution is 6.32. The molecule has 0 saturated heterocycles. The van der Waals surface area contributed by atoms with Crippen molar-refractivity contribution >= 4 is 23.2 Å². The Morgan fingerprint density at radius 3 is 1.89 bits per heavy atom. The first-order valence-electron chi connectivity index (χ1n) is 7.12. The summed E-state index contributed by atoms with van der Waals surface area (Å²) in [4.78, 5) is 12.1. The van der Waals surface area contributed by atoms with Crippen LogP contribution in [0, 0.1) is 0 Å². The van der Waals surface area contributed by atoms with E-state index >= 15 is 0 Å². The van der Waals surface area contributed by atoms with Crippen LogP contribution in [-0.4, -0.2) is 12.5 Å². The number of benzene rings is 2. The van der Waals surface area contributed by atoms with Gasteiger partial charge in [-0.1, -0.05) is 11.6 Å². The Kier molecular flexibility index (Phi) is 6.07. The monoisotopic (exact) mass is 433 g/mol. The Morgan fingerprint density at radius 2 is 1.46 bits per heavy atom. The maximum Gasteiger partial charge on any atom is 0.416 e. The Hall–Kier alpha value is -2.56. The Labute approximate surface area is 156 Å². The van der Waals surface area contributed by atoms with Crippen molar-refractivity contribution in [1.29, 1.82) is 0 Å². The van der Waals surface area contributed by atoms with Crippen molar-refractivity contribution in [2.75, 3.05) is 5.32 Å². The molecule has 152 valence electrons. The highest BCUT2D eigenvalue weighted by atomic mass is 35.5. The van der Waals surface area contributed by atoms with Crippen LogP contribution in [0.25, 0.3) is 0 Å². The summed E-state index contributed by atoms with van der Waals surface area (Å²) in [6, 6.07) is 3.29. The summed E-state index contributed by atoms with van der Waals surface area (Å²) < 4.78 is 105. The number of alkyl halides is 8. The number of hydrogen-bond acceptors (Lipinski definition) is 2. The van der Waals surface area contributed by atoms with E-state index in [4.69, 9.17) is 11.6 Å². The number of carbonyl (C=O) groups excluding carboxylic acids is 1. The van der Waals surface area contributed by atoms with Gasteiger partial charge in [0.2, 0.25) is 0 Å². The van der Waals surface area contributed by atoms with Crippen molar-refractivity contribution in [3.05, 3.63) is 58.1 Å². The number of halogens is 9. The smallest absolute Gasteiger partial charge is 0.416 e. The van der Waals surface area contributed by atoms with E-state index in [2.05, 4.69) is 4.74 Å². The summed E-state index contributed by atoms with van der Waals surface area (Å²) >= 11 is 5.67. The predicted octanol–water partition coefficient (Wildman–Crippen LogP) is 6.23. The summed E-state index contributed by atoms with van der Waals surface area (Å²) in [5.74, 6) is -1.73. The zero-order chi connectivity index (χ0) is 21.3. The lowest BCUT2D eigenvalue weighted by Gasteiger charge is -2.14. The predicted molar refractivity (Wildman–Crippen MR) is 82.5 cm³/mol. The van der Waals surface area contributed by atoms with Crippen molar-refractivity contribution < 1.29 is 44.7 Å². The topological polar surface area (TPSA) is 38.3 Å². The van der Waals surface area contributed by atoms with Gasteiger partial charge in [0.1, 0.15) is 5.75 Å². The molecule has 0 saturated carbocycles. The SMILES string of the molecule is O=C(Nc1ccc(OC(F)F)c(Cl)c1)c1cc(C(F)(F)F)cc(C(F)(F)F)c1. The maximum absolute atomic E-state index is 12.8. The third-order valence-corrected chi connectivity index (χ3v) is 3.55. The van der Waals surface area contributed by atoms with Crippen LogP contribution in [0.5, 0.6) is 5.75 Å². The van der Waals surface area contributed by atoms with Gasteiger partial charge in [0.05, 0.1) is 16.1 Å². The van der Waals surface area contributed by atoms with Gasteiger partial charge in [0.15, 0.2) is 0 Å². The normalized spacial score (nSPS) is 12.2. The zero-order valence-corrected chi connectivity index (χ0v) is 14.0. The van der Waals surface area contributed by atoms with E-state index < -0.39 is 47.3 Å². The van der Waals surface area contributed by atoms with Crippen LogP contribution in [0.2, 0.25) is 5.02 Å². The molecule has 1 amide bonds. The molecule has 0 aliphatic heterocycles. The second-order valence-corrected chi connectivity index (χ2v) is 5.68. The fourth-order valence-electron chi connectivity index (χ4n) is 2.06. The third kappa shape index (κ3) is 5.47. The Bertz CT molecular complexity index is 848. The van der Waals surface area contributed by atoms with Crippen molar-refractivity contribution in [3.63, 3.8) is 0 Å². The third-order valence-electron chi connectivity index (χ3n) is 3.26. The van der Waals surface area contributed by atoms with Gasteiger partial charge in [-0.25, -0.2) is 0 Å². The summed E-state index contributed by atoms with van der Waals surface area (Å²) in [6.45, 7) is -3.18. The van der Waals surface area contributed by atoms with Crippen LogP contribution in [0.15, 0.2) is 36.4 Å². The number of ether oxygens (including phenoxy) is 1. The molecule has 0 unspecified atom stereocenters. The lowest BCUT2D eigenvalue weighted by atomic mass is 10.0. The van der Waals surface area contributed by atoms with Gasteiger partial charge in [0.25, 0.3) is 5.91 Å². The molecule has 28 heavy (non-hydrogen) atoms. The van der Waals surface area contributed by atoms with E-state index in [1.807, 2.05) is 5.32 Å². The second kappa shape index (κ2) is 7.82. The molecule has 0 radical (unpaired) electrons. The largest absolute Gasteiger partial charge is 0.433 e. The van der Waals surface area contributed by atoms with E-state index in [9.17, 15) is 39.9 Å². The average Bonchev–Trinajstić information content (AvgIpc) is 2.55. The summed E-state index contributed by atoms with van der Waals surface area (Å²) in [5.41, 5.74) is -4.40. The van der Waals surface area contributed by atoms with E-state index in [1.165, 1.54) is 0 Å². The average molecular weight is 434 g/mol. The van der Waals surface area contributed by atoms with Crippen molar-refractivity contribution in [2.24, 2.45) is 0 Å². The minimum atomic E-state index is -5.12. The molecular formula is C16H8ClF8NO2. The minimum Gasteiger partial charge on any atom is -0.433 e. The van der Waals surface area contributed by atoms with E-state index in [1.54, 1.807) is 0 Å². The van der Waals surface area contributed by atoms with Crippen molar-refractivity contribution in [1.82, 2.24) is 0 Å². The minimum absolute atomic E-state index is 0.121. The van der Waals surface area contributed by atoms with Gasteiger partial charge in [0, 0.05) is 11.3 Å². The second-order valence-electron chi connectivity index (χ2n) is 5.27. The van der Waals surface area contributed by atoms with Gasteiger partial charge in [-0.2, -0.15) is 35.1 Å². The van der Waals surface area contributed by atoms with E-state index in [0.29, 0.717) is 0 Å². The van der Waals surface area contributed by atoms with Crippen LogP contribution in [0.3, 0.4) is 0 Å². The van der Waals surface area contributed by atoms with Crippen LogP contribution >= 0.6 is 11.6 Å². The molecule has 12 heteroatoms. The molecule has 0 aliphatic carbocycles. The number of carbonyl (C=O) groups is 1. The molecule has 0 aromatic heterocycles. The molecule has 1 N–H and O–H groups in total. The molecule has 2 aromatic rings. The van der Waals surface area contributed by atoms with Gasteiger partial charge >= 0.3 is 19.0 Å². The van der Waals surface area contributed by atoms with Crippen LogP contribution in [0.4, 0.5) is 40.8 Å². The lowest BCUT2D eigenvalue weighted by molar-refractivity contribution is -0.143. The molecule has 0 fully saturated rings. The molecule has 0 atom stereocenters. The quantitative estimate of drug-likeness (QED) is 0.580. The van der Waals surface area contributed by atoms with Crippen molar-refractivity contribution in [3.8, 4) is 5.75 Å². The van der Waals surface area contributed by atoms with Crippen LogP contribution in [-0.2, 0) is 12.4 Å². The highest BCUT2D eigenvalue weighted by Gasteiger charge is 2.37. The summed E-state index contributed by atoms with van der Waals surface area (Å²) in [5, 5.41) is 1.67. The van der Waals surface area contributed by atoms with Crippen LogP contribution < -0.4 is 10.1 Å². The van der Waals surface area contributed by atoms with Crippen LogP contribution in [0.1, 0.15) is 21.5 Å². The highest BCUT2D eigenvalue weighted by Crippen LogP contribution is 2.36. The fourth-order valence-corrected chi connectivity index (χ4v) is 2.28. The zero-order valence-electron chi connectivity index (χ0n) is 13.3. The fraction of sp³-hybridized carbons (Fsp3) is 0.188. The maximum atomic E-state index is 12.8. The van der Waals surface area contributed by atoms with Gasteiger partial charge in [-0.3, -0.25) is 4.79 Å². The first kappa shape index (κ1) is 21.7. The molecule has 0 spiro atoms. The lowest BCUT2D eigenvalue weighted by Crippen LogP contribution is -2.17. The Balaban J connectivity index is 2.35. The number of amides is 1. The number of hydrogen-bond donors (Lipinski definition) is 1. The number of nitrogens with one attached hydrogen (secondary N) is 1. The van der Waals surface area contributed by atoms with Crippen molar-refractivity contribution in [2.45, 2.75) is 19.0 Å². The molecule has 2 aromatic carbocycles. The first-order valence-corrected chi connectivity index (χ1v) is 7.50. The number of anilines is 1. The number of rotatable bonds is 4. The van der Waals surface area contributed by atoms with E-state index in [0.717, 1.165) is 18.2 Å². The van der Waals surface area contributed by atoms with Gasteiger partial charge < -0.3 is 10.1 Å². The molecule has 2 rings (SSSR count). The molecule has 0 aliphatic rings. The van der Waals surface area contributed by atoms with Gasteiger partial charge in [-0.15, -0.1) is 0 Å². The molecule has 0 heterocycles. The summed E-state index contributed by atoms with van der Waals surface area (Å²) in [7, 11) is 0. The van der Waals surface area contributed by atoms with E-state index in [-0.39, 0.29) is 28.9 Å². The molecule has 0 bridgehead atoms. The standard InChI is InChI=1S/C16H8ClF8NO2/c17-11-6-10(1-2-12(11)28-14(18)19)26-13(27)7-3-8(15(20,21)22)5-9(4-7)16(23,24)25/h1-6,14H,(H,26,27). The summed E-state index contributed by atoms with van der Waals surface area (Å²) in [6.07, 6.45) is -10.2. The molecular weight excluding hydrogens is 426 g/mol.